The van der Waals surface area contributed by atoms with E-state index >= 15 is 0 Å². The lowest BCUT2D eigenvalue weighted by atomic mass is 10.1. The van der Waals surface area contributed by atoms with Crippen LogP contribution in [0.5, 0.6) is 0 Å². The summed E-state index contributed by atoms with van der Waals surface area (Å²) in [4.78, 5) is 21.0. The fourth-order valence-electron chi connectivity index (χ4n) is 0.796. The van der Waals surface area contributed by atoms with Crippen molar-refractivity contribution in [2.75, 3.05) is 0 Å². The van der Waals surface area contributed by atoms with Crippen molar-refractivity contribution in [3.8, 4) is 0 Å². The van der Waals surface area contributed by atoms with Crippen molar-refractivity contribution >= 4 is 12.1 Å². The van der Waals surface area contributed by atoms with E-state index in [2.05, 4.69) is 13.8 Å². The second-order valence-corrected chi connectivity index (χ2v) is 3.00. The molecule has 0 spiro atoms. The van der Waals surface area contributed by atoms with Crippen LogP contribution in [0.1, 0.15) is 61.8 Å². The molecule has 0 radical (unpaired) electrons. The zero-order chi connectivity index (χ0) is 13.0. The highest BCUT2D eigenvalue weighted by Crippen LogP contribution is 2.02. The second-order valence-electron chi connectivity index (χ2n) is 3.00. The number of aldehydes is 1. The van der Waals surface area contributed by atoms with Gasteiger partial charge in [0.25, 0.3) is 0 Å². The fourth-order valence-corrected chi connectivity index (χ4v) is 0.796. The van der Waals surface area contributed by atoms with Gasteiger partial charge in [-0.05, 0) is 6.92 Å². The smallest absolute Gasteiger partial charge is 0.159 e. The van der Waals surface area contributed by atoms with Crippen molar-refractivity contribution in [2.24, 2.45) is 0 Å². The first-order valence-corrected chi connectivity index (χ1v) is 5.71. The molecule has 1 aromatic rings. The molecule has 1 rings (SSSR count). The highest BCUT2D eigenvalue weighted by Gasteiger charge is 1.96. The minimum absolute atomic E-state index is 0.0162. The highest BCUT2D eigenvalue weighted by molar-refractivity contribution is 5.94. The maximum atomic E-state index is 10.8. The van der Waals surface area contributed by atoms with Gasteiger partial charge >= 0.3 is 0 Å². The number of carbonyl (C=O) groups is 2. The Kier molecular flexibility index (Phi) is 12.3. The van der Waals surface area contributed by atoms with Gasteiger partial charge in [0, 0.05) is 11.1 Å². The Morgan fingerprint density at radius 1 is 1.12 bits per heavy atom. The number of hydrogen-bond donors (Lipinski definition) is 0. The van der Waals surface area contributed by atoms with E-state index < -0.39 is 0 Å². The predicted molar refractivity (Wildman–Crippen MR) is 69.1 cm³/mol. The molecule has 2 heteroatoms. The molecule has 0 unspecified atom stereocenters. The molecule has 0 atom stereocenters. The van der Waals surface area contributed by atoms with Crippen molar-refractivity contribution in [1.82, 2.24) is 0 Å². The van der Waals surface area contributed by atoms with Gasteiger partial charge in [0.1, 0.15) is 6.29 Å². The van der Waals surface area contributed by atoms with E-state index in [9.17, 15) is 9.59 Å². The Morgan fingerprint density at radius 2 is 1.50 bits per heavy atom. The largest absolute Gasteiger partial charge is 0.298 e. The molecular weight excluding hydrogens is 200 g/mol. The van der Waals surface area contributed by atoms with Crippen LogP contribution in [0, 0.1) is 0 Å². The maximum Gasteiger partial charge on any atom is 0.159 e. The van der Waals surface area contributed by atoms with Crippen LogP contribution in [-0.2, 0) is 0 Å². The van der Waals surface area contributed by atoms with Crippen LogP contribution in [0.4, 0.5) is 0 Å². The average Bonchev–Trinajstić information content (AvgIpc) is 2.33. The van der Waals surface area contributed by atoms with Crippen LogP contribution in [-0.4, -0.2) is 12.1 Å². The Bertz CT molecular complexity index is 286. The molecule has 0 amide bonds. The first-order chi connectivity index (χ1) is 7.65. The lowest BCUT2D eigenvalue weighted by Gasteiger charge is -1.93. The Labute approximate surface area is 98.7 Å². The Morgan fingerprint density at radius 3 is 1.75 bits per heavy atom. The SMILES string of the molecule is CC.CC(=O)c1ccc(C=O)cc1.CCC. The van der Waals surface area contributed by atoms with Gasteiger partial charge in [-0.15, -0.1) is 0 Å². The third-order valence-electron chi connectivity index (χ3n) is 1.45. The summed E-state index contributed by atoms with van der Waals surface area (Å²) in [5.41, 5.74) is 1.23. The Balaban J connectivity index is 0. The number of carbonyl (C=O) groups excluding carboxylic acids is 2. The summed E-state index contributed by atoms with van der Waals surface area (Å²) in [5, 5.41) is 0. The van der Waals surface area contributed by atoms with Crippen molar-refractivity contribution in [2.45, 2.75) is 41.0 Å². The fraction of sp³-hybridized carbons (Fsp3) is 0.429. The van der Waals surface area contributed by atoms with Gasteiger partial charge in [-0.3, -0.25) is 9.59 Å². The Hall–Kier alpha value is -1.44. The molecule has 90 valence electrons. The van der Waals surface area contributed by atoms with E-state index in [-0.39, 0.29) is 5.78 Å². The van der Waals surface area contributed by atoms with Gasteiger partial charge in [0.2, 0.25) is 0 Å². The van der Waals surface area contributed by atoms with Crippen molar-refractivity contribution in [3.63, 3.8) is 0 Å². The molecule has 2 nitrogen and oxygen atoms in total. The molecule has 0 bridgehead atoms. The third-order valence-corrected chi connectivity index (χ3v) is 1.45. The lowest BCUT2D eigenvalue weighted by Crippen LogP contribution is -1.91. The predicted octanol–water partition coefficient (Wildman–Crippen LogP) is 4.14. The molecule has 0 saturated heterocycles. The molecule has 16 heavy (non-hydrogen) atoms. The zero-order valence-electron chi connectivity index (χ0n) is 10.9. The summed E-state index contributed by atoms with van der Waals surface area (Å²) >= 11 is 0. The number of benzene rings is 1. The molecule has 0 heterocycles. The molecule has 0 N–H and O–H groups in total. The normalized spacial score (nSPS) is 7.81. The summed E-state index contributed by atoms with van der Waals surface area (Å²) in [6.45, 7) is 9.75. The van der Waals surface area contributed by atoms with Crippen LogP contribution >= 0.6 is 0 Å². The zero-order valence-corrected chi connectivity index (χ0v) is 10.9. The van der Waals surface area contributed by atoms with Crippen LogP contribution in [0.25, 0.3) is 0 Å². The van der Waals surface area contributed by atoms with Crippen molar-refractivity contribution in [3.05, 3.63) is 35.4 Å². The summed E-state index contributed by atoms with van der Waals surface area (Å²) in [6, 6.07) is 6.55. The van der Waals surface area contributed by atoms with Gasteiger partial charge in [-0.25, -0.2) is 0 Å². The minimum atomic E-state index is 0.0162. The van der Waals surface area contributed by atoms with Crippen LogP contribution in [0.2, 0.25) is 0 Å². The number of rotatable bonds is 2. The molecule has 0 aliphatic heterocycles. The number of hydrogen-bond acceptors (Lipinski definition) is 2. The first kappa shape index (κ1) is 17.0. The van der Waals surface area contributed by atoms with Gasteiger partial charge in [-0.2, -0.15) is 0 Å². The molecule has 0 aromatic heterocycles. The van der Waals surface area contributed by atoms with Crippen molar-refractivity contribution < 1.29 is 9.59 Å². The topological polar surface area (TPSA) is 34.1 Å². The molecule has 0 aliphatic rings. The standard InChI is InChI=1S/C9H8O2.C3H8.C2H6/c1-7(11)9-4-2-8(6-10)3-5-9;1-3-2;1-2/h2-6H,1H3;3H2,1-2H3;1-2H3. The molecule has 1 aromatic carbocycles. The van der Waals surface area contributed by atoms with E-state index in [0.29, 0.717) is 11.1 Å². The summed E-state index contributed by atoms with van der Waals surface area (Å²) in [6.07, 6.45) is 2.00. The van der Waals surface area contributed by atoms with Crippen molar-refractivity contribution in [1.29, 1.82) is 0 Å². The van der Waals surface area contributed by atoms with E-state index in [1.807, 2.05) is 13.8 Å². The van der Waals surface area contributed by atoms with Crippen LogP contribution < -0.4 is 0 Å². The monoisotopic (exact) mass is 222 g/mol. The summed E-state index contributed by atoms with van der Waals surface area (Å²) < 4.78 is 0. The summed E-state index contributed by atoms with van der Waals surface area (Å²) in [7, 11) is 0. The number of Topliss-reactive ketones (excluding diaryl/α,β-unsaturated/α-hetero) is 1. The van der Waals surface area contributed by atoms with Gasteiger partial charge in [0.15, 0.2) is 5.78 Å². The quantitative estimate of drug-likeness (QED) is 0.556. The maximum absolute atomic E-state index is 10.8. The van der Waals surface area contributed by atoms with Crippen LogP contribution in [0.15, 0.2) is 24.3 Å². The molecule has 0 fully saturated rings. The van der Waals surface area contributed by atoms with Gasteiger partial charge in [0.05, 0.1) is 0 Å². The third kappa shape index (κ3) is 7.92. The van der Waals surface area contributed by atoms with E-state index in [1.165, 1.54) is 13.3 Å². The average molecular weight is 222 g/mol. The van der Waals surface area contributed by atoms with Crippen LogP contribution in [0.3, 0.4) is 0 Å². The van der Waals surface area contributed by atoms with Gasteiger partial charge < -0.3 is 0 Å². The highest BCUT2D eigenvalue weighted by atomic mass is 16.1. The van der Waals surface area contributed by atoms with E-state index in [0.717, 1.165) is 6.29 Å². The molecular formula is C14H22O2. The first-order valence-electron chi connectivity index (χ1n) is 5.71. The second kappa shape index (κ2) is 11.6. The molecule has 0 aliphatic carbocycles. The molecule has 0 saturated carbocycles. The van der Waals surface area contributed by atoms with Gasteiger partial charge in [-0.1, -0.05) is 58.4 Å². The minimum Gasteiger partial charge on any atom is -0.298 e. The lowest BCUT2D eigenvalue weighted by molar-refractivity contribution is 0.101. The summed E-state index contributed by atoms with van der Waals surface area (Å²) in [5.74, 6) is 0.0162. The number of ketones is 1. The van der Waals surface area contributed by atoms with E-state index in [4.69, 9.17) is 0 Å². The van der Waals surface area contributed by atoms with E-state index in [1.54, 1.807) is 24.3 Å².